The highest BCUT2D eigenvalue weighted by Gasteiger charge is 2.30. The standard InChI is InChI=1S/C23H31N3O3/c1-18-15-25(16-19-6-5-7-20(14-19)28-2)12-13-26(18)23(27)22-9-8-21(29-22)17-24-10-3-4-11-24/h5-9,14,18H,3-4,10-13,15-17H2,1-2H3/t18-/m0/s1. The van der Waals surface area contributed by atoms with E-state index in [1.165, 1.54) is 18.4 Å². The van der Waals surface area contributed by atoms with Crippen LogP contribution in [-0.4, -0.2) is 66.5 Å². The number of piperazine rings is 1. The number of rotatable bonds is 6. The predicted octanol–water partition coefficient (Wildman–Crippen LogP) is 3.23. The summed E-state index contributed by atoms with van der Waals surface area (Å²) in [4.78, 5) is 19.7. The summed E-state index contributed by atoms with van der Waals surface area (Å²) < 4.78 is 11.2. The number of carbonyl (C=O) groups is 1. The number of furan rings is 1. The van der Waals surface area contributed by atoms with E-state index in [1.807, 2.05) is 29.2 Å². The maximum Gasteiger partial charge on any atom is 0.289 e. The molecule has 1 aromatic carbocycles. The van der Waals surface area contributed by atoms with Crippen LogP contribution >= 0.6 is 0 Å². The Labute approximate surface area is 173 Å². The molecule has 2 saturated heterocycles. The van der Waals surface area contributed by atoms with E-state index in [0.29, 0.717) is 12.3 Å². The number of amides is 1. The smallest absolute Gasteiger partial charge is 0.289 e. The van der Waals surface area contributed by atoms with Crippen LogP contribution in [0.3, 0.4) is 0 Å². The van der Waals surface area contributed by atoms with E-state index < -0.39 is 0 Å². The first kappa shape index (κ1) is 20.0. The second-order valence-corrected chi connectivity index (χ2v) is 8.18. The quantitative estimate of drug-likeness (QED) is 0.749. The van der Waals surface area contributed by atoms with Crippen LogP contribution in [0.2, 0.25) is 0 Å². The SMILES string of the molecule is COc1cccc(CN2CCN(C(=O)c3ccc(CN4CCCC4)o3)[C@@H](C)C2)c1. The summed E-state index contributed by atoms with van der Waals surface area (Å²) in [5.41, 5.74) is 1.23. The van der Waals surface area contributed by atoms with Crippen LogP contribution in [0.1, 0.15) is 41.6 Å². The molecular formula is C23H31N3O3. The summed E-state index contributed by atoms with van der Waals surface area (Å²) in [6, 6.07) is 12.1. The van der Waals surface area contributed by atoms with Crippen LogP contribution in [0.25, 0.3) is 0 Å². The Morgan fingerprint density at radius 2 is 1.90 bits per heavy atom. The maximum absolute atomic E-state index is 13.0. The highest BCUT2D eigenvalue weighted by atomic mass is 16.5. The second kappa shape index (κ2) is 9.01. The van der Waals surface area contributed by atoms with Gasteiger partial charge in [-0.1, -0.05) is 12.1 Å². The topological polar surface area (TPSA) is 49.2 Å². The molecule has 0 bridgehead atoms. The number of nitrogens with zero attached hydrogens (tertiary/aromatic N) is 3. The summed E-state index contributed by atoms with van der Waals surface area (Å²) in [5.74, 6) is 2.24. The van der Waals surface area contributed by atoms with Crippen LogP contribution in [0.15, 0.2) is 40.8 Å². The van der Waals surface area contributed by atoms with Gasteiger partial charge in [-0.25, -0.2) is 0 Å². The molecule has 4 rings (SSSR count). The maximum atomic E-state index is 13.0. The molecule has 2 aliphatic heterocycles. The van der Waals surface area contributed by atoms with Gasteiger partial charge in [0.2, 0.25) is 0 Å². The third-order valence-electron chi connectivity index (χ3n) is 5.96. The molecule has 0 spiro atoms. The number of ether oxygens (including phenoxy) is 1. The Bertz CT molecular complexity index is 828. The van der Waals surface area contributed by atoms with Gasteiger partial charge in [0.15, 0.2) is 5.76 Å². The lowest BCUT2D eigenvalue weighted by Gasteiger charge is -2.39. The molecule has 2 aliphatic rings. The molecule has 0 aliphatic carbocycles. The summed E-state index contributed by atoms with van der Waals surface area (Å²) in [5, 5.41) is 0. The highest BCUT2D eigenvalue weighted by molar-refractivity contribution is 5.91. The molecule has 156 valence electrons. The number of methoxy groups -OCH3 is 1. The Balaban J connectivity index is 1.33. The average molecular weight is 398 g/mol. The molecule has 1 aromatic heterocycles. The van der Waals surface area contributed by atoms with Gasteiger partial charge in [0.25, 0.3) is 5.91 Å². The Hall–Kier alpha value is -2.31. The first-order valence-corrected chi connectivity index (χ1v) is 10.6. The number of hydrogen-bond acceptors (Lipinski definition) is 5. The molecule has 0 unspecified atom stereocenters. The van der Waals surface area contributed by atoms with Crippen molar-refractivity contribution < 1.29 is 13.9 Å². The van der Waals surface area contributed by atoms with Gasteiger partial charge in [0.1, 0.15) is 11.5 Å². The number of carbonyl (C=O) groups excluding carboxylic acids is 1. The van der Waals surface area contributed by atoms with Gasteiger partial charge < -0.3 is 14.1 Å². The van der Waals surface area contributed by atoms with E-state index in [4.69, 9.17) is 9.15 Å². The van der Waals surface area contributed by atoms with Gasteiger partial charge in [-0.3, -0.25) is 14.6 Å². The van der Waals surface area contributed by atoms with Gasteiger partial charge in [0.05, 0.1) is 13.7 Å². The van der Waals surface area contributed by atoms with Crippen LogP contribution in [0, 0.1) is 0 Å². The van der Waals surface area contributed by atoms with E-state index in [1.54, 1.807) is 7.11 Å². The van der Waals surface area contributed by atoms with Crippen molar-refractivity contribution in [3.8, 4) is 5.75 Å². The molecule has 6 nitrogen and oxygen atoms in total. The number of hydrogen-bond donors (Lipinski definition) is 0. The Kier molecular flexibility index (Phi) is 6.21. The molecule has 2 aromatic rings. The molecular weight excluding hydrogens is 366 g/mol. The highest BCUT2D eigenvalue weighted by Crippen LogP contribution is 2.20. The van der Waals surface area contributed by atoms with Gasteiger partial charge in [-0.05, 0) is 62.7 Å². The largest absolute Gasteiger partial charge is 0.497 e. The third-order valence-corrected chi connectivity index (χ3v) is 5.96. The lowest BCUT2D eigenvalue weighted by Crippen LogP contribution is -2.53. The lowest BCUT2D eigenvalue weighted by atomic mass is 10.1. The number of likely N-dealkylation sites (tertiary alicyclic amines) is 1. The lowest BCUT2D eigenvalue weighted by molar-refractivity contribution is 0.0444. The van der Waals surface area contributed by atoms with E-state index in [9.17, 15) is 4.79 Å². The van der Waals surface area contributed by atoms with Crippen molar-refractivity contribution in [2.45, 2.75) is 38.9 Å². The van der Waals surface area contributed by atoms with E-state index in [-0.39, 0.29) is 11.9 Å². The fourth-order valence-corrected chi connectivity index (χ4v) is 4.39. The zero-order valence-electron chi connectivity index (χ0n) is 17.5. The van der Waals surface area contributed by atoms with Crippen LogP contribution in [0.4, 0.5) is 0 Å². The fraction of sp³-hybridized carbons (Fsp3) is 0.522. The summed E-state index contributed by atoms with van der Waals surface area (Å²) in [6.45, 7) is 8.45. The van der Waals surface area contributed by atoms with Gasteiger partial charge in [-0.15, -0.1) is 0 Å². The average Bonchev–Trinajstić information content (AvgIpc) is 3.40. The van der Waals surface area contributed by atoms with E-state index in [2.05, 4.69) is 28.9 Å². The minimum Gasteiger partial charge on any atom is -0.497 e. The zero-order valence-corrected chi connectivity index (χ0v) is 17.5. The Morgan fingerprint density at radius 1 is 1.07 bits per heavy atom. The molecule has 3 heterocycles. The van der Waals surface area contributed by atoms with Crippen molar-refractivity contribution >= 4 is 5.91 Å². The number of benzene rings is 1. The van der Waals surface area contributed by atoms with Crippen molar-refractivity contribution in [2.24, 2.45) is 0 Å². The van der Waals surface area contributed by atoms with Crippen molar-refractivity contribution in [3.63, 3.8) is 0 Å². The third kappa shape index (κ3) is 4.82. The van der Waals surface area contributed by atoms with Crippen LogP contribution in [0.5, 0.6) is 5.75 Å². The van der Waals surface area contributed by atoms with Crippen molar-refractivity contribution in [2.75, 3.05) is 39.8 Å². The predicted molar refractivity (Wildman–Crippen MR) is 112 cm³/mol. The minimum absolute atomic E-state index is 0.00574. The van der Waals surface area contributed by atoms with Crippen molar-refractivity contribution in [1.82, 2.24) is 14.7 Å². The molecule has 0 saturated carbocycles. The molecule has 1 atom stereocenters. The zero-order chi connectivity index (χ0) is 20.2. The van der Waals surface area contributed by atoms with Gasteiger partial charge in [0, 0.05) is 32.2 Å². The second-order valence-electron chi connectivity index (χ2n) is 8.18. The molecule has 0 radical (unpaired) electrons. The van der Waals surface area contributed by atoms with Crippen LogP contribution < -0.4 is 4.74 Å². The molecule has 0 N–H and O–H groups in total. The summed E-state index contributed by atoms with van der Waals surface area (Å²) >= 11 is 0. The fourth-order valence-electron chi connectivity index (χ4n) is 4.39. The van der Waals surface area contributed by atoms with Gasteiger partial charge >= 0.3 is 0 Å². The molecule has 2 fully saturated rings. The molecule has 1 amide bonds. The molecule has 29 heavy (non-hydrogen) atoms. The van der Waals surface area contributed by atoms with E-state index in [0.717, 1.165) is 50.8 Å². The van der Waals surface area contributed by atoms with Gasteiger partial charge in [-0.2, -0.15) is 0 Å². The first-order chi connectivity index (χ1) is 14.1. The summed E-state index contributed by atoms with van der Waals surface area (Å²) in [6.07, 6.45) is 2.51. The van der Waals surface area contributed by atoms with Crippen LogP contribution in [-0.2, 0) is 13.1 Å². The molecule has 6 heteroatoms. The minimum atomic E-state index is 0.00574. The van der Waals surface area contributed by atoms with E-state index >= 15 is 0 Å². The monoisotopic (exact) mass is 397 g/mol. The van der Waals surface area contributed by atoms with Crippen molar-refractivity contribution in [1.29, 1.82) is 0 Å². The van der Waals surface area contributed by atoms with Crippen molar-refractivity contribution in [3.05, 3.63) is 53.5 Å². The normalized spacial score (nSPS) is 20.9. The Morgan fingerprint density at radius 3 is 2.66 bits per heavy atom. The first-order valence-electron chi connectivity index (χ1n) is 10.6. The summed E-state index contributed by atoms with van der Waals surface area (Å²) in [7, 11) is 1.69.